The predicted octanol–water partition coefficient (Wildman–Crippen LogP) is -0.114. The zero-order valence-corrected chi connectivity index (χ0v) is 9.36. The van der Waals surface area contributed by atoms with Crippen molar-refractivity contribution in [1.29, 1.82) is 0 Å². The van der Waals surface area contributed by atoms with Crippen LogP contribution in [0.15, 0.2) is 0 Å². The van der Waals surface area contributed by atoms with Crippen molar-refractivity contribution in [3.05, 3.63) is 0 Å². The van der Waals surface area contributed by atoms with Crippen molar-refractivity contribution in [2.45, 2.75) is 31.8 Å². The number of nitrogens with zero attached hydrogens (tertiary/aromatic N) is 2. The molecule has 1 heterocycles. The van der Waals surface area contributed by atoms with Crippen LogP contribution in [-0.4, -0.2) is 55.0 Å². The second-order valence-electron chi connectivity index (χ2n) is 4.28. The molecule has 1 aliphatic rings. The first-order chi connectivity index (χ1) is 6.52. The fourth-order valence-electron chi connectivity index (χ4n) is 1.96. The van der Waals surface area contributed by atoms with E-state index in [0.717, 1.165) is 13.1 Å². The Morgan fingerprint density at radius 3 is 2.79 bits per heavy atom. The van der Waals surface area contributed by atoms with Crippen molar-refractivity contribution < 1.29 is 4.79 Å². The first kappa shape index (κ1) is 11.5. The minimum Gasteiger partial charge on any atom is -0.343 e. The molecule has 0 spiro atoms. The third-order valence-electron chi connectivity index (χ3n) is 2.92. The molecule has 82 valence electrons. The van der Waals surface area contributed by atoms with E-state index >= 15 is 0 Å². The largest absolute Gasteiger partial charge is 0.343 e. The van der Waals surface area contributed by atoms with E-state index < -0.39 is 0 Å². The lowest BCUT2D eigenvalue weighted by Crippen LogP contribution is -2.45. The summed E-state index contributed by atoms with van der Waals surface area (Å²) in [5.74, 6) is 0.0327. The quantitative estimate of drug-likeness (QED) is 0.690. The van der Waals surface area contributed by atoms with Crippen molar-refractivity contribution in [3.63, 3.8) is 0 Å². The molecule has 0 bridgehead atoms. The monoisotopic (exact) mass is 199 g/mol. The van der Waals surface area contributed by atoms with Crippen molar-refractivity contribution in [2.24, 2.45) is 5.73 Å². The van der Waals surface area contributed by atoms with Gasteiger partial charge in [0.25, 0.3) is 0 Å². The first-order valence-corrected chi connectivity index (χ1v) is 5.23. The molecule has 0 aromatic heterocycles. The van der Waals surface area contributed by atoms with E-state index in [1.807, 2.05) is 7.05 Å². The molecule has 14 heavy (non-hydrogen) atoms. The van der Waals surface area contributed by atoms with Gasteiger partial charge in [-0.3, -0.25) is 4.79 Å². The highest BCUT2D eigenvalue weighted by Gasteiger charge is 2.24. The number of rotatable bonds is 3. The number of carbonyl (C=O) groups is 1. The summed E-state index contributed by atoms with van der Waals surface area (Å²) in [6.07, 6.45) is 2.43. The molecule has 0 saturated carbocycles. The maximum Gasteiger partial charge on any atom is 0.238 e. The number of amides is 1. The average Bonchev–Trinajstić information content (AvgIpc) is 2.50. The molecule has 1 amide bonds. The Bertz CT molecular complexity index is 206. The van der Waals surface area contributed by atoms with Gasteiger partial charge in [-0.1, -0.05) is 0 Å². The molecule has 2 atom stereocenters. The summed E-state index contributed by atoms with van der Waals surface area (Å²) in [6.45, 7) is 3.68. The van der Waals surface area contributed by atoms with Crippen LogP contribution >= 0.6 is 0 Å². The molecule has 4 nitrogen and oxygen atoms in total. The highest BCUT2D eigenvalue weighted by Crippen LogP contribution is 2.15. The molecule has 1 saturated heterocycles. The van der Waals surface area contributed by atoms with Crippen molar-refractivity contribution in [2.75, 3.05) is 27.2 Å². The standard InChI is InChI=1S/C10H21N3O/c1-8(11)10(14)13(3)7-9-5-4-6-12(9)2/h8-9H,4-7,11H2,1-3H3/t8?,9-/m0/s1. The van der Waals surface area contributed by atoms with Gasteiger partial charge in [0.1, 0.15) is 0 Å². The summed E-state index contributed by atoms with van der Waals surface area (Å²) in [6, 6.07) is 0.134. The van der Waals surface area contributed by atoms with Gasteiger partial charge >= 0.3 is 0 Å². The van der Waals surface area contributed by atoms with Gasteiger partial charge in [0.05, 0.1) is 6.04 Å². The lowest BCUT2D eigenvalue weighted by molar-refractivity contribution is -0.131. The van der Waals surface area contributed by atoms with Gasteiger partial charge in [0, 0.05) is 19.6 Å². The highest BCUT2D eigenvalue weighted by atomic mass is 16.2. The Morgan fingerprint density at radius 2 is 2.36 bits per heavy atom. The van der Waals surface area contributed by atoms with E-state index in [4.69, 9.17) is 5.73 Å². The molecule has 2 N–H and O–H groups in total. The van der Waals surface area contributed by atoms with E-state index in [2.05, 4.69) is 11.9 Å². The number of nitrogens with two attached hydrogens (primary N) is 1. The topological polar surface area (TPSA) is 49.6 Å². The Morgan fingerprint density at radius 1 is 1.71 bits per heavy atom. The average molecular weight is 199 g/mol. The van der Waals surface area contributed by atoms with Gasteiger partial charge in [-0.15, -0.1) is 0 Å². The summed E-state index contributed by atoms with van der Waals surface area (Å²) >= 11 is 0. The van der Waals surface area contributed by atoms with Crippen LogP contribution in [0.25, 0.3) is 0 Å². The van der Waals surface area contributed by atoms with E-state index in [0.29, 0.717) is 6.04 Å². The summed E-state index contributed by atoms with van der Waals surface area (Å²) < 4.78 is 0. The number of likely N-dealkylation sites (tertiary alicyclic amines) is 1. The molecule has 1 unspecified atom stereocenters. The molecule has 1 aliphatic heterocycles. The van der Waals surface area contributed by atoms with Crippen molar-refractivity contribution in [1.82, 2.24) is 9.80 Å². The normalized spacial score (nSPS) is 25.0. The van der Waals surface area contributed by atoms with E-state index in [1.165, 1.54) is 12.8 Å². The second kappa shape index (κ2) is 4.75. The summed E-state index contributed by atoms with van der Waals surface area (Å²) in [7, 11) is 3.94. The zero-order chi connectivity index (χ0) is 10.7. The Hall–Kier alpha value is -0.610. The molecule has 1 fully saturated rings. The predicted molar refractivity (Wildman–Crippen MR) is 56.9 cm³/mol. The maximum absolute atomic E-state index is 11.5. The highest BCUT2D eigenvalue weighted by molar-refractivity contribution is 5.80. The van der Waals surface area contributed by atoms with Gasteiger partial charge < -0.3 is 15.5 Å². The van der Waals surface area contributed by atoms with Gasteiger partial charge in [0.2, 0.25) is 5.91 Å². The van der Waals surface area contributed by atoms with Crippen molar-refractivity contribution >= 4 is 5.91 Å². The van der Waals surface area contributed by atoms with Crippen LogP contribution < -0.4 is 5.73 Å². The first-order valence-electron chi connectivity index (χ1n) is 5.23. The Labute approximate surface area is 86.0 Å². The summed E-state index contributed by atoms with van der Waals surface area (Å²) in [4.78, 5) is 15.6. The molecule has 1 rings (SSSR count). The minimum atomic E-state index is -0.383. The van der Waals surface area contributed by atoms with Crippen LogP contribution in [0.2, 0.25) is 0 Å². The summed E-state index contributed by atoms with van der Waals surface area (Å²) in [5.41, 5.74) is 5.54. The number of hydrogen-bond acceptors (Lipinski definition) is 3. The lowest BCUT2D eigenvalue weighted by Gasteiger charge is -2.26. The van der Waals surface area contributed by atoms with Gasteiger partial charge in [-0.05, 0) is 33.4 Å². The van der Waals surface area contributed by atoms with E-state index in [1.54, 1.807) is 11.8 Å². The van der Waals surface area contributed by atoms with Gasteiger partial charge in [0.15, 0.2) is 0 Å². The van der Waals surface area contributed by atoms with E-state index in [-0.39, 0.29) is 11.9 Å². The molecule has 0 aromatic carbocycles. The lowest BCUT2D eigenvalue weighted by atomic mass is 10.2. The van der Waals surface area contributed by atoms with Crippen LogP contribution in [0, 0.1) is 0 Å². The number of likely N-dealkylation sites (N-methyl/N-ethyl adjacent to an activating group) is 2. The maximum atomic E-state index is 11.5. The van der Waals surface area contributed by atoms with Crippen LogP contribution in [-0.2, 0) is 4.79 Å². The smallest absolute Gasteiger partial charge is 0.238 e. The molecule has 0 aromatic rings. The number of carbonyl (C=O) groups excluding carboxylic acids is 1. The molecular formula is C10H21N3O. The van der Waals surface area contributed by atoms with Gasteiger partial charge in [-0.2, -0.15) is 0 Å². The SMILES string of the molecule is CC(N)C(=O)N(C)C[C@@H]1CCCN1C. The molecule has 0 radical (unpaired) electrons. The Kier molecular flexibility index (Phi) is 3.89. The molecular weight excluding hydrogens is 178 g/mol. The second-order valence-corrected chi connectivity index (χ2v) is 4.28. The van der Waals surface area contributed by atoms with Crippen molar-refractivity contribution in [3.8, 4) is 0 Å². The fraction of sp³-hybridized carbons (Fsp3) is 0.900. The van der Waals surface area contributed by atoms with E-state index in [9.17, 15) is 4.79 Å². The van der Waals surface area contributed by atoms with Gasteiger partial charge in [-0.25, -0.2) is 0 Å². The fourth-order valence-corrected chi connectivity index (χ4v) is 1.96. The third-order valence-corrected chi connectivity index (χ3v) is 2.92. The van der Waals surface area contributed by atoms with Crippen LogP contribution in [0.4, 0.5) is 0 Å². The summed E-state index contributed by atoms with van der Waals surface area (Å²) in [5, 5.41) is 0. The minimum absolute atomic E-state index is 0.0327. The third kappa shape index (κ3) is 2.69. The molecule has 0 aliphatic carbocycles. The Balaban J connectivity index is 2.39. The zero-order valence-electron chi connectivity index (χ0n) is 9.36. The molecule has 4 heteroatoms. The number of hydrogen-bond donors (Lipinski definition) is 1. The van der Waals surface area contributed by atoms with Crippen LogP contribution in [0.1, 0.15) is 19.8 Å². The van der Waals surface area contributed by atoms with Crippen LogP contribution in [0.3, 0.4) is 0 Å². The van der Waals surface area contributed by atoms with Crippen LogP contribution in [0.5, 0.6) is 0 Å².